The van der Waals surface area contributed by atoms with Gasteiger partial charge in [0.15, 0.2) is 6.04 Å². The summed E-state index contributed by atoms with van der Waals surface area (Å²) in [7, 11) is 0. The fourth-order valence-electron chi connectivity index (χ4n) is 0.832. The lowest BCUT2D eigenvalue weighted by Gasteiger charge is -1.95. The highest BCUT2D eigenvalue weighted by Crippen LogP contribution is 2.19. The molecule has 2 heterocycles. The van der Waals surface area contributed by atoms with Gasteiger partial charge in [0.1, 0.15) is 6.61 Å². The first-order chi connectivity index (χ1) is 4.97. The van der Waals surface area contributed by atoms with Crippen molar-refractivity contribution in [2.24, 2.45) is 10.4 Å². The van der Waals surface area contributed by atoms with Gasteiger partial charge in [0.05, 0.1) is 5.69 Å². The van der Waals surface area contributed by atoms with Gasteiger partial charge in [-0.1, -0.05) is 0 Å². The van der Waals surface area contributed by atoms with Crippen LogP contribution in [-0.4, -0.2) is 16.8 Å². The van der Waals surface area contributed by atoms with Gasteiger partial charge in [-0.05, 0) is 6.07 Å². The Labute approximate surface area is 57.1 Å². The second kappa shape index (κ2) is 2.09. The van der Waals surface area contributed by atoms with E-state index in [0.717, 1.165) is 5.69 Å². The van der Waals surface area contributed by atoms with Gasteiger partial charge in [0, 0.05) is 11.5 Å². The van der Waals surface area contributed by atoms with Gasteiger partial charge in [-0.25, -0.2) is 0 Å². The topological polar surface area (TPSA) is 62.6 Å². The van der Waals surface area contributed by atoms with Crippen molar-refractivity contribution in [2.75, 3.05) is 6.61 Å². The van der Waals surface area contributed by atoms with Crippen molar-refractivity contribution in [3.05, 3.63) is 18.0 Å². The minimum Gasteiger partial charge on any atom is -0.377 e. The van der Waals surface area contributed by atoms with Crippen molar-refractivity contribution in [1.82, 2.24) is 10.2 Å². The maximum atomic E-state index is 4.69. The Morgan fingerprint density at radius 3 is 3.30 bits per heavy atom. The largest absolute Gasteiger partial charge is 0.377 e. The summed E-state index contributed by atoms with van der Waals surface area (Å²) in [6, 6.07) is 1.88. The van der Waals surface area contributed by atoms with Crippen LogP contribution in [0.4, 0.5) is 0 Å². The van der Waals surface area contributed by atoms with E-state index in [-0.39, 0.29) is 6.04 Å². The first-order valence-electron chi connectivity index (χ1n) is 2.98. The van der Waals surface area contributed by atoms with E-state index < -0.39 is 0 Å². The molecular formula is C5H6N4O. The third-order valence-corrected chi connectivity index (χ3v) is 1.36. The first kappa shape index (κ1) is 5.40. The number of H-pyrrole nitrogens is 1. The van der Waals surface area contributed by atoms with Crippen LogP contribution in [0.15, 0.2) is 22.7 Å². The highest BCUT2D eigenvalue weighted by molar-refractivity contribution is 5.04. The number of nitrogens with one attached hydrogen (secondary N) is 1. The maximum absolute atomic E-state index is 4.69. The van der Waals surface area contributed by atoms with Crippen LogP contribution in [0.25, 0.3) is 0 Å². The predicted octanol–water partition coefficient (Wildman–Crippen LogP) is 0.848. The maximum Gasteiger partial charge on any atom is 0.152 e. The van der Waals surface area contributed by atoms with E-state index >= 15 is 0 Å². The van der Waals surface area contributed by atoms with Crippen LogP contribution in [0.1, 0.15) is 11.7 Å². The van der Waals surface area contributed by atoms with Crippen LogP contribution < -0.4 is 0 Å². The van der Waals surface area contributed by atoms with Crippen molar-refractivity contribution >= 4 is 0 Å². The molecule has 52 valence electrons. The molecule has 5 nitrogen and oxygen atoms in total. The van der Waals surface area contributed by atoms with Crippen LogP contribution in [0.5, 0.6) is 0 Å². The molecule has 0 radical (unpaired) electrons. The van der Waals surface area contributed by atoms with Crippen molar-refractivity contribution < 1.29 is 4.84 Å². The molecule has 0 spiro atoms. The molecule has 1 aromatic heterocycles. The number of nitrogens with zero attached hydrogens (tertiary/aromatic N) is 3. The smallest absolute Gasteiger partial charge is 0.152 e. The van der Waals surface area contributed by atoms with Crippen LogP contribution in [0.3, 0.4) is 0 Å². The van der Waals surface area contributed by atoms with E-state index in [1.807, 2.05) is 6.07 Å². The fourth-order valence-corrected chi connectivity index (χ4v) is 0.832. The molecule has 0 aliphatic carbocycles. The zero-order chi connectivity index (χ0) is 6.81. The molecule has 2 rings (SSSR count). The first-order valence-corrected chi connectivity index (χ1v) is 2.98. The lowest BCUT2D eigenvalue weighted by molar-refractivity contribution is 0.164. The molecule has 1 N–H and O–H groups in total. The summed E-state index contributed by atoms with van der Waals surface area (Å²) in [6.07, 6.45) is 1.68. The minimum atomic E-state index is 0.0162. The van der Waals surface area contributed by atoms with Crippen LogP contribution >= 0.6 is 0 Å². The van der Waals surface area contributed by atoms with E-state index in [1.54, 1.807) is 6.20 Å². The van der Waals surface area contributed by atoms with Gasteiger partial charge < -0.3 is 4.84 Å². The average molecular weight is 138 g/mol. The number of hydrogen-bond donors (Lipinski definition) is 1. The normalized spacial score (nSPS) is 23.0. The summed E-state index contributed by atoms with van der Waals surface area (Å²) in [5.74, 6) is 0. The molecule has 5 heteroatoms. The molecule has 0 aromatic carbocycles. The van der Waals surface area contributed by atoms with E-state index in [0.29, 0.717) is 6.61 Å². The van der Waals surface area contributed by atoms with Crippen molar-refractivity contribution in [3.63, 3.8) is 0 Å². The molecule has 10 heavy (non-hydrogen) atoms. The number of aromatic amines is 1. The summed E-state index contributed by atoms with van der Waals surface area (Å²) < 4.78 is 0. The van der Waals surface area contributed by atoms with Gasteiger partial charge in [-0.15, -0.1) is 5.11 Å². The van der Waals surface area contributed by atoms with Gasteiger partial charge in [0.2, 0.25) is 0 Å². The van der Waals surface area contributed by atoms with Gasteiger partial charge >= 0.3 is 0 Å². The summed E-state index contributed by atoms with van der Waals surface area (Å²) in [6.45, 7) is 0.516. The Morgan fingerprint density at radius 2 is 2.70 bits per heavy atom. The number of rotatable bonds is 1. The van der Waals surface area contributed by atoms with E-state index in [2.05, 4.69) is 20.6 Å². The monoisotopic (exact) mass is 138 g/mol. The highest BCUT2D eigenvalue weighted by Gasteiger charge is 2.16. The quantitative estimate of drug-likeness (QED) is 0.625. The Balaban J connectivity index is 2.20. The molecule has 0 fully saturated rings. The lowest BCUT2D eigenvalue weighted by atomic mass is 10.2. The highest BCUT2D eigenvalue weighted by atomic mass is 16.7. The molecule has 1 aromatic rings. The van der Waals surface area contributed by atoms with Crippen LogP contribution in [0, 0.1) is 0 Å². The zero-order valence-electron chi connectivity index (χ0n) is 5.19. The second-order valence-corrected chi connectivity index (χ2v) is 2.02. The second-order valence-electron chi connectivity index (χ2n) is 2.02. The van der Waals surface area contributed by atoms with Gasteiger partial charge in [0.25, 0.3) is 0 Å². The minimum absolute atomic E-state index is 0.0162. The Bertz CT molecular complexity index is 230. The van der Waals surface area contributed by atoms with E-state index in [4.69, 9.17) is 4.84 Å². The third-order valence-electron chi connectivity index (χ3n) is 1.36. The van der Waals surface area contributed by atoms with Gasteiger partial charge in [-0.3, -0.25) is 5.10 Å². The SMILES string of the molecule is c1cc(C2CON=N2)[nH]n1. The Hall–Kier alpha value is -1.39. The fraction of sp³-hybridized carbons (Fsp3) is 0.400. The van der Waals surface area contributed by atoms with Crippen LogP contribution in [0.2, 0.25) is 0 Å². The Morgan fingerprint density at radius 1 is 1.70 bits per heavy atom. The molecule has 1 aliphatic heterocycles. The predicted molar refractivity (Wildman–Crippen MR) is 32.1 cm³/mol. The van der Waals surface area contributed by atoms with Crippen LogP contribution in [-0.2, 0) is 4.84 Å². The summed E-state index contributed by atoms with van der Waals surface area (Å²) in [5.41, 5.74) is 0.946. The third kappa shape index (κ3) is 0.754. The number of aromatic nitrogens is 2. The van der Waals surface area contributed by atoms with Crippen molar-refractivity contribution in [2.45, 2.75) is 6.04 Å². The molecule has 0 amide bonds. The summed E-state index contributed by atoms with van der Waals surface area (Å²) in [4.78, 5) is 4.69. The Kier molecular flexibility index (Phi) is 1.13. The number of hydrogen-bond acceptors (Lipinski definition) is 4. The summed E-state index contributed by atoms with van der Waals surface area (Å²) in [5, 5.41) is 13.8. The van der Waals surface area contributed by atoms with Crippen molar-refractivity contribution in [3.8, 4) is 0 Å². The molecule has 1 unspecified atom stereocenters. The zero-order valence-corrected chi connectivity index (χ0v) is 5.19. The molecule has 0 saturated carbocycles. The average Bonchev–Trinajstić information content (AvgIpc) is 2.59. The lowest BCUT2D eigenvalue weighted by Crippen LogP contribution is -1.96. The molecular weight excluding hydrogens is 132 g/mol. The summed E-state index contributed by atoms with van der Waals surface area (Å²) >= 11 is 0. The molecule has 1 atom stereocenters. The molecule has 0 bridgehead atoms. The van der Waals surface area contributed by atoms with Gasteiger partial charge in [-0.2, -0.15) is 5.10 Å². The van der Waals surface area contributed by atoms with E-state index in [1.165, 1.54) is 0 Å². The molecule has 0 saturated heterocycles. The van der Waals surface area contributed by atoms with E-state index in [9.17, 15) is 0 Å². The van der Waals surface area contributed by atoms with Crippen molar-refractivity contribution in [1.29, 1.82) is 0 Å². The molecule has 1 aliphatic rings. The standard InChI is InChI=1S/C5H6N4O/c1-2-6-7-4(1)5-3-10-9-8-5/h1-2,5H,3H2,(H,6,7).